The zero-order valence-corrected chi connectivity index (χ0v) is 16.0. The number of unbranched alkanes of at least 4 members (excludes halogenated alkanes) is 3. The SMILES string of the molecule is COC(=O)/C=C/CCCCCc1cccn1S(=O)(=O)c1ccc(C)cc1. The summed E-state index contributed by atoms with van der Waals surface area (Å²) in [4.78, 5) is 11.3. The van der Waals surface area contributed by atoms with Crippen LogP contribution in [-0.2, 0) is 26.0 Å². The first-order valence-electron chi connectivity index (χ1n) is 8.68. The smallest absolute Gasteiger partial charge is 0.330 e. The van der Waals surface area contributed by atoms with Crippen molar-refractivity contribution in [1.29, 1.82) is 0 Å². The minimum Gasteiger partial charge on any atom is -0.466 e. The van der Waals surface area contributed by atoms with Gasteiger partial charge in [-0.15, -0.1) is 0 Å². The number of allylic oxidation sites excluding steroid dienone is 1. The van der Waals surface area contributed by atoms with Gasteiger partial charge in [0, 0.05) is 18.0 Å². The molecule has 0 bridgehead atoms. The molecule has 0 atom stereocenters. The van der Waals surface area contributed by atoms with Gasteiger partial charge in [0.25, 0.3) is 10.0 Å². The summed E-state index contributed by atoms with van der Waals surface area (Å²) in [7, 11) is -2.20. The van der Waals surface area contributed by atoms with Gasteiger partial charge in [0.2, 0.25) is 0 Å². The second kappa shape index (κ2) is 9.38. The normalized spacial score (nSPS) is 11.8. The fourth-order valence-electron chi connectivity index (χ4n) is 2.65. The molecule has 0 spiro atoms. The van der Waals surface area contributed by atoms with Crippen LogP contribution in [0, 0.1) is 6.92 Å². The molecule has 0 radical (unpaired) electrons. The number of ether oxygens (including phenoxy) is 1. The molecule has 0 saturated carbocycles. The fraction of sp³-hybridized carbons (Fsp3) is 0.350. The molecular weight excluding hydrogens is 350 g/mol. The van der Waals surface area contributed by atoms with E-state index in [0.717, 1.165) is 36.9 Å². The molecule has 2 aromatic rings. The van der Waals surface area contributed by atoms with E-state index in [1.54, 1.807) is 42.6 Å². The molecule has 6 heteroatoms. The molecule has 0 amide bonds. The number of carbonyl (C=O) groups excluding carboxylic acids is 1. The third kappa shape index (κ3) is 5.33. The van der Waals surface area contributed by atoms with Crippen LogP contribution < -0.4 is 0 Å². The first-order valence-corrected chi connectivity index (χ1v) is 10.1. The molecule has 0 N–H and O–H groups in total. The minimum absolute atomic E-state index is 0.300. The lowest BCUT2D eigenvalue weighted by molar-refractivity contribution is -0.134. The number of carbonyl (C=O) groups is 1. The first-order chi connectivity index (χ1) is 12.4. The maximum absolute atomic E-state index is 12.8. The second-order valence-electron chi connectivity index (χ2n) is 6.14. The highest BCUT2D eigenvalue weighted by atomic mass is 32.2. The number of rotatable bonds is 9. The van der Waals surface area contributed by atoms with Gasteiger partial charge in [-0.2, -0.15) is 0 Å². The summed E-state index contributed by atoms with van der Waals surface area (Å²) >= 11 is 0. The molecule has 0 aliphatic heterocycles. The molecule has 0 aliphatic rings. The summed E-state index contributed by atoms with van der Waals surface area (Å²) in [5.74, 6) is -0.343. The van der Waals surface area contributed by atoms with Gasteiger partial charge in [0.05, 0.1) is 12.0 Å². The Morgan fingerprint density at radius 1 is 1.12 bits per heavy atom. The van der Waals surface area contributed by atoms with E-state index in [4.69, 9.17) is 0 Å². The number of hydrogen-bond donors (Lipinski definition) is 0. The van der Waals surface area contributed by atoms with Gasteiger partial charge in [0.1, 0.15) is 0 Å². The molecule has 0 aliphatic carbocycles. The zero-order chi connectivity index (χ0) is 19.0. The third-order valence-electron chi connectivity index (χ3n) is 4.13. The number of aryl methyl sites for hydroxylation is 2. The highest BCUT2D eigenvalue weighted by Crippen LogP contribution is 2.19. The lowest BCUT2D eigenvalue weighted by Gasteiger charge is -2.11. The fourth-order valence-corrected chi connectivity index (χ4v) is 4.04. The molecule has 5 nitrogen and oxygen atoms in total. The molecule has 26 heavy (non-hydrogen) atoms. The molecule has 1 aromatic carbocycles. The minimum atomic E-state index is -3.55. The Bertz CT molecular complexity index is 848. The van der Waals surface area contributed by atoms with Crippen molar-refractivity contribution in [3.63, 3.8) is 0 Å². The number of nitrogens with zero attached hydrogens (tertiary/aromatic N) is 1. The Morgan fingerprint density at radius 3 is 2.54 bits per heavy atom. The molecule has 2 rings (SSSR count). The molecule has 1 heterocycles. The molecule has 0 unspecified atom stereocenters. The highest BCUT2D eigenvalue weighted by molar-refractivity contribution is 7.90. The highest BCUT2D eigenvalue weighted by Gasteiger charge is 2.18. The van der Waals surface area contributed by atoms with Crippen LogP contribution in [0.25, 0.3) is 0 Å². The summed E-state index contributed by atoms with van der Waals surface area (Å²) in [5.41, 5.74) is 1.81. The Hall–Kier alpha value is -2.34. The van der Waals surface area contributed by atoms with Crippen LogP contribution in [0.15, 0.2) is 59.6 Å². The molecule has 0 saturated heterocycles. The van der Waals surface area contributed by atoms with Crippen LogP contribution in [0.2, 0.25) is 0 Å². The average molecular weight is 375 g/mol. The van der Waals surface area contributed by atoms with Crippen LogP contribution in [0.1, 0.15) is 36.9 Å². The lowest BCUT2D eigenvalue weighted by Crippen LogP contribution is -2.14. The van der Waals surface area contributed by atoms with Crippen molar-refractivity contribution in [3.05, 3.63) is 66.0 Å². The molecule has 0 fully saturated rings. The Balaban J connectivity index is 1.91. The molecular formula is C20H25NO4S. The zero-order valence-electron chi connectivity index (χ0n) is 15.2. The monoisotopic (exact) mass is 375 g/mol. The number of methoxy groups -OCH3 is 1. The maximum atomic E-state index is 12.8. The summed E-state index contributed by atoms with van der Waals surface area (Å²) in [6, 6.07) is 10.5. The van der Waals surface area contributed by atoms with Gasteiger partial charge in [-0.3, -0.25) is 0 Å². The van der Waals surface area contributed by atoms with Crippen LogP contribution in [0.4, 0.5) is 0 Å². The lowest BCUT2D eigenvalue weighted by atomic mass is 10.1. The number of aromatic nitrogens is 1. The van der Waals surface area contributed by atoms with Gasteiger partial charge in [-0.05, 0) is 56.9 Å². The summed E-state index contributed by atoms with van der Waals surface area (Å²) in [6.07, 6.45) is 9.12. The van der Waals surface area contributed by atoms with Crippen molar-refractivity contribution in [1.82, 2.24) is 3.97 Å². The summed E-state index contributed by atoms with van der Waals surface area (Å²) in [5, 5.41) is 0. The summed E-state index contributed by atoms with van der Waals surface area (Å²) in [6.45, 7) is 1.93. The third-order valence-corrected chi connectivity index (χ3v) is 5.87. The predicted octanol–water partition coefficient (Wildman–Crippen LogP) is 3.87. The number of esters is 1. The quantitative estimate of drug-likeness (QED) is 0.379. The van der Waals surface area contributed by atoms with Gasteiger partial charge in [-0.25, -0.2) is 17.2 Å². The van der Waals surface area contributed by atoms with Crippen molar-refractivity contribution in [2.24, 2.45) is 0 Å². The van der Waals surface area contributed by atoms with Crippen LogP contribution >= 0.6 is 0 Å². The Labute approximate surface area is 155 Å². The topological polar surface area (TPSA) is 65.4 Å². The Kier molecular flexibility index (Phi) is 7.21. The van der Waals surface area contributed by atoms with E-state index in [1.807, 2.05) is 13.0 Å². The average Bonchev–Trinajstić information content (AvgIpc) is 3.10. The van der Waals surface area contributed by atoms with E-state index >= 15 is 0 Å². The van der Waals surface area contributed by atoms with E-state index in [0.29, 0.717) is 11.3 Å². The second-order valence-corrected chi connectivity index (χ2v) is 7.95. The van der Waals surface area contributed by atoms with Crippen molar-refractivity contribution in [3.8, 4) is 0 Å². The van der Waals surface area contributed by atoms with Crippen molar-refractivity contribution in [2.45, 2.75) is 43.9 Å². The molecule has 140 valence electrons. The van der Waals surface area contributed by atoms with Crippen LogP contribution in [0.5, 0.6) is 0 Å². The van der Waals surface area contributed by atoms with E-state index in [9.17, 15) is 13.2 Å². The van der Waals surface area contributed by atoms with Crippen LogP contribution in [-0.4, -0.2) is 25.5 Å². The van der Waals surface area contributed by atoms with Crippen LogP contribution in [0.3, 0.4) is 0 Å². The van der Waals surface area contributed by atoms with Crippen molar-refractivity contribution < 1.29 is 17.9 Å². The first kappa shape index (κ1) is 20.0. The van der Waals surface area contributed by atoms with Crippen molar-refractivity contribution >= 4 is 16.0 Å². The van der Waals surface area contributed by atoms with E-state index < -0.39 is 10.0 Å². The van der Waals surface area contributed by atoms with Gasteiger partial charge in [-0.1, -0.05) is 30.2 Å². The van der Waals surface area contributed by atoms with E-state index in [2.05, 4.69) is 4.74 Å². The predicted molar refractivity (Wildman–Crippen MR) is 102 cm³/mol. The molecule has 1 aromatic heterocycles. The van der Waals surface area contributed by atoms with Gasteiger partial charge >= 0.3 is 5.97 Å². The van der Waals surface area contributed by atoms with E-state index in [1.165, 1.54) is 17.2 Å². The standard InChI is InChI=1S/C20H25NO4S/c1-17-12-14-19(15-13-17)26(23,24)21-16-8-10-18(21)9-6-4-3-5-7-11-20(22)25-2/h7-8,10-16H,3-6,9H2,1-2H3/b11-7+. The van der Waals surface area contributed by atoms with E-state index in [-0.39, 0.29) is 5.97 Å². The number of benzene rings is 1. The maximum Gasteiger partial charge on any atom is 0.330 e. The van der Waals surface area contributed by atoms with Crippen molar-refractivity contribution in [2.75, 3.05) is 7.11 Å². The van der Waals surface area contributed by atoms with Gasteiger partial charge in [0.15, 0.2) is 0 Å². The summed E-state index contributed by atoms with van der Waals surface area (Å²) < 4.78 is 31.5. The number of hydrogen-bond acceptors (Lipinski definition) is 4. The largest absolute Gasteiger partial charge is 0.466 e. The Morgan fingerprint density at radius 2 is 1.85 bits per heavy atom. The van der Waals surface area contributed by atoms with Gasteiger partial charge < -0.3 is 4.74 Å².